The van der Waals surface area contributed by atoms with Crippen LogP contribution in [0, 0.1) is 0 Å². The zero-order valence-electron chi connectivity index (χ0n) is 15.0. The number of carbonyl (C=O) groups is 1. The number of halogens is 3. The lowest BCUT2D eigenvalue weighted by Gasteiger charge is -2.33. The molecule has 2 heterocycles. The van der Waals surface area contributed by atoms with Crippen LogP contribution in [-0.2, 0) is 4.79 Å². The number of piperidine rings is 1. The third-order valence-electron chi connectivity index (χ3n) is 4.19. The summed E-state index contributed by atoms with van der Waals surface area (Å²) in [6.45, 7) is 2.87. The zero-order chi connectivity index (χ0) is 20.1. The molecule has 152 valence electrons. The van der Waals surface area contributed by atoms with Crippen molar-refractivity contribution in [3.8, 4) is 5.75 Å². The number of carbonyl (C=O) groups excluding carboxylic acids is 1. The van der Waals surface area contributed by atoms with Crippen LogP contribution in [0.2, 0.25) is 0 Å². The van der Waals surface area contributed by atoms with Crippen LogP contribution in [0.5, 0.6) is 5.75 Å². The minimum atomic E-state index is -4.72. The Balaban J connectivity index is 1.50. The van der Waals surface area contributed by atoms with E-state index in [2.05, 4.69) is 27.2 Å². The van der Waals surface area contributed by atoms with Crippen molar-refractivity contribution in [2.75, 3.05) is 17.6 Å². The summed E-state index contributed by atoms with van der Waals surface area (Å²) in [6, 6.07) is 5.61. The Hall–Kier alpha value is -2.01. The number of hydrogen-bond donors (Lipinski definition) is 1. The molecule has 1 fully saturated rings. The molecule has 1 atom stereocenters. The van der Waals surface area contributed by atoms with Gasteiger partial charge in [0.2, 0.25) is 11.0 Å². The first-order chi connectivity index (χ1) is 13.3. The molecule has 1 aromatic carbocycles. The number of likely N-dealkylation sites (tertiary alicyclic amines) is 1. The summed E-state index contributed by atoms with van der Waals surface area (Å²) in [5.74, 6) is 0.113. The van der Waals surface area contributed by atoms with Gasteiger partial charge < -0.3 is 15.0 Å². The van der Waals surface area contributed by atoms with E-state index >= 15 is 0 Å². The summed E-state index contributed by atoms with van der Waals surface area (Å²) >= 11 is 2.61. The molecule has 1 aromatic heterocycles. The van der Waals surface area contributed by atoms with Crippen molar-refractivity contribution in [1.29, 1.82) is 0 Å². The highest BCUT2D eigenvalue weighted by Gasteiger charge is 2.31. The Kier molecular flexibility index (Phi) is 6.65. The molecule has 11 heteroatoms. The van der Waals surface area contributed by atoms with E-state index in [0.717, 1.165) is 25.8 Å². The normalized spacial score (nSPS) is 17.4. The largest absolute Gasteiger partial charge is 0.573 e. The highest BCUT2D eigenvalue weighted by Crippen LogP contribution is 2.30. The molecule has 0 bridgehead atoms. The maximum atomic E-state index is 12.4. The van der Waals surface area contributed by atoms with Gasteiger partial charge in [0.05, 0.1) is 5.75 Å². The summed E-state index contributed by atoms with van der Waals surface area (Å²) in [5, 5.41) is 11.5. The van der Waals surface area contributed by atoms with Crippen LogP contribution >= 0.6 is 23.1 Å². The van der Waals surface area contributed by atoms with Crippen LogP contribution in [0.25, 0.3) is 0 Å². The van der Waals surface area contributed by atoms with Crippen LogP contribution in [0.1, 0.15) is 26.2 Å². The van der Waals surface area contributed by atoms with Gasteiger partial charge in [-0.1, -0.05) is 23.1 Å². The molecule has 28 heavy (non-hydrogen) atoms. The number of thioether (sulfide) groups is 1. The monoisotopic (exact) mass is 432 g/mol. The fourth-order valence-corrected chi connectivity index (χ4v) is 4.52. The number of amides is 1. The molecule has 0 saturated carbocycles. The van der Waals surface area contributed by atoms with Crippen LogP contribution in [0.15, 0.2) is 28.6 Å². The van der Waals surface area contributed by atoms with Crippen molar-refractivity contribution in [2.45, 2.75) is 42.9 Å². The second-order valence-electron chi connectivity index (χ2n) is 6.29. The number of rotatable bonds is 6. The van der Waals surface area contributed by atoms with Gasteiger partial charge in [0.15, 0.2) is 4.34 Å². The van der Waals surface area contributed by atoms with Crippen molar-refractivity contribution in [3.05, 3.63) is 24.3 Å². The van der Waals surface area contributed by atoms with Gasteiger partial charge in [-0.3, -0.25) is 4.79 Å². The van der Waals surface area contributed by atoms with Gasteiger partial charge in [-0.15, -0.1) is 23.4 Å². The van der Waals surface area contributed by atoms with Gasteiger partial charge in [0.25, 0.3) is 0 Å². The van der Waals surface area contributed by atoms with Gasteiger partial charge in [-0.05, 0) is 50.5 Å². The number of ether oxygens (including phenoxy) is 1. The molecular weight excluding hydrogens is 413 g/mol. The molecule has 1 amide bonds. The average Bonchev–Trinajstić information content (AvgIpc) is 3.08. The number of aromatic nitrogens is 2. The van der Waals surface area contributed by atoms with Crippen LogP contribution in [0.3, 0.4) is 0 Å². The summed E-state index contributed by atoms with van der Waals surface area (Å²) in [7, 11) is 0. The van der Waals surface area contributed by atoms with Gasteiger partial charge in [0.1, 0.15) is 5.75 Å². The Morgan fingerprint density at radius 1 is 1.32 bits per heavy atom. The molecule has 6 nitrogen and oxygen atoms in total. The van der Waals surface area contributed by atoms with E-state index < -0.39 is 6.36 Å². The quantitative estimate of drug-likeness (QED) is 0.669. The number of hydrogen-bond acceptors (Lipinski definition) is 7. The topological polar surface area (TPSA) is 67.4 Å². The van der Waals surface area contributed by atoms with Crippen LogP contribution < -0.4 is 10.1 Å². The molecule has 1 unspecified atom stereocenters. The summed E-state index contributed by atoms with van der Waals surface area (Å²) in [6.07, 6.45) is -1.48. The average molecular weight is 432 g/mol. The molecule has 1 aliphatic heterocycles. The van der Waals surface area contributed by atoms with Crippen molar-refractivity contribution < 1.29 is 22.7 Å². The van der Waals surface area contributed by atoms with Crippen molar-refractivity contribution in [2.24, 2.45) is 0 Å². The van der Waals surface area contributed by atoms with Crippen molar-refractivity contribution in [3.63, 3.8) is 0 Å². The number of nitrogens with one attached hydrogen (secondary N) is 1. The molecule has 1 saturated heterocycles. The van der Waals surface area contributed by atoms with Crippen molar-refractivity contribution in [1.82, 2.24) is 15.1 Å². The van der Waals surface area contributed by atoms with Crippen LogP contribution in [-0.4, -0.2) is 45.7 Å². The first-order valence-electron chi connectivity index (χ1n) is 8.69. The second kappa shape index (κ2) is 8.99. The van der Waals surface area contributed by atoms with Gasteiger partial charge in [0, 0.05) is 18.3 Å². The fraction of sp³-hybridized carbons (Fsp3) is 0.471. The van der Waals surface area contributed by atoms with Gasteiger partial charge >= 0.3 is 6.36 Å². The van der Waals surface area contributed by atoms with E-state index in [1.54, 1.807) is 0 Å². The Morgan fingerprint density at radius 2 is 2.07 bits per heavy atom. The fourth-order valence-electron chi connectivity index (χ4n) is 2.86. The highest BCUT2D eigenvalue weighted by atomic mass is 32.2. The maximum Gasteiger partial charge on any atom is 0.573 e. The summed E-state index contributed by atoms with van der Waals surface area (Å²) in [5.41, 5.74) is 0.556. The Morgan fingerprint density at radius 3 is 2.75 bits per heavy atom. The minimum absolute atomic E-state index is 0.0992. The number of anilines is 2. The van der Waals surface area contributed by atoms with Gasteiger partial charge in [-0.25, -0.2) is 0 Å². The lowest BCUT2D eigenvalue weighted by Crippen LogP contribution is -2.42. The van der Waals surface area contributed by atoms with E-state index in [0.29, 0.717) is 20.9 Å². The first-order valence-corrected chi connectivity index (χ1v) is 10.5. The smallest absolute Gasteiger partial charge is 0.406 e. The molecule has 1 aliphatic rings. The predicted octanol–water partition coefficient (Wildman–Crippen LogP) is 4.67. The van der Waals surface area contributed by atoms with Gasteiger partial charge in [-0.2, -0.15) is 0 Å². The summed E-state index contributed by atoms with van der Waals surface area (Å²) < 4.78 is 41.0. The molecule has 1 N–H and O–H groups in total. The highest BCUT2D eigenvalue weighted by molar-refractivity contribution is 8.01. The number of nitrogens with zero attached hydrogens (tertiary/aromatic N) is 3. The van der Waals surface area contributed by atoms with E-state index in [4.69, 9.17) is 0 Å². The van der Waals surface area contributed by atoms with E-state index in [1.807, 2.05) is 4.90 Å². The number of alkyl halides is 3. The van der Waals surface area contributed by atoms with E-state index in [9.17, 15) is 18.0 Å². The third kappa shape index (κ3) is 5.99. The lowest BCUT2D eigenvalue weighted by atomic mass is 10.0. The van der Waals surface area contributed by atoms with Crippen molar-refractivity contribution >= 4 is 39.8 Å². The van der Waals surface area contributed by atoms with Crippen LogP contribution in [0.4, 0.5) is 24.0 Å². The first kappa shape index (κ1) is 20.7. The minimum Gasteiger partial charge on any atom is -0.406 e. The molecule has 0 spiro atoms. The SMILES string of the molecule is CC1CCCCN1C(=O)CSc1nnc(Nc2ccc(OC(F)(F)F)cc2)s1. The van der Waals surface area contributed by atoms with E-state index in [1.165, 1.54) is 47.4 Å². The molecule has 0 radical (unpaired) electrons. The molecule has 0 aliphatic carbocycles. The molecule has 2 aromatic rings. The maximum absolute atomic E-state index is 12.4. The molecular formula is C17H19F3N4O2S2. The zero-order valence-corrected chi connectivity index (χ0v) is 16.7. The van der Waals surface area contributed by atoms with E-state index in [-0.39, 0.29) is 17.7 Å². The third-order valence-corrected chi connectivity index (χ3v) is 6.14. The Labute approximate surface area is 168 Å². The lowest BCUT2D eigenvalue weighted by molar-refractivity contribution is -0.274. The predicted molar refractivity (Wildman–Crippen MR) is 102 cm³/mol. The second-order valence-corrected chi connectivity index (χ2v) is 8.49. The number of benzene rings is 1. The summed E-state index contributed by atoms with van der Waals surface area (Å²) in [4.78, 5) is 14.3. The standard InChI is InChI=1S/C17H19F3N4O2S2/c1-11-4-2-3-9-24(11)14(25)10-27-16-23-22-15(28-16)21-12-5-7-13(8-6-12)26-17(18,19)20/h5-8,11H,2-4,9-10H2,1H3,(H,21,22). The Bertz CT molecular complexity index is 798. The molecule has 3 rings (SSSR count).